The Morgan fingerprint density at radius 2 is 1.80 bits per heavy atom. The van der Waals surface area contributed by atoms with Crippen molar-refractivity contribution in [2.75, 3.05) is 0 Å². The average Bonchev–Trinajstić information content (AvgIpc) is 2.95. The third-order valence-electron chi connectivity index (χ3n) is 3.90. The molecule has 2 N–H and O–H groups in total. The molecule has 0 aliphatic heterocycles. The molecule has 0 spiro atoms. The van der Waals surface area contributed by atoms with Crippen molar-refractivity contribution in [3.8, 4) is 11.3 Å². The molecular formula is C17H24N2O. The number of nitrogens with two attached hydrogens (primary N) is 1. The maximum Gasteiger partial charge on any atom is 0.212 e. The van der Waals surface area contributed by atoms with E-state index in [0.29, 0.717) is 17.7 Å². The highest BCUT2D eigenvalue weighted by atomic mass is 16.4. The lowest BCUT2D eigenvalue weighted by Crippen LogP contribution is -2.16. The van der Waals surface area contributed by atoms with Gasteiger partial charge in [-0.15, -0.1) is 0 Å². The maximum absolute atomic E-state index is 6.05. The number of nitrogens with zero attached hydrogens (tertiary/aromatic N) is 1. The van der Waals surface area contributed by atoms with Crippen LogP contribution in [0.2, 0.25) is 0 Å². The number of aromatic nitrogens is 1. The molecular weight excluding hydrogens is 248 g/mol. The predicted octanol–water partition coefficient (Wildman–Crippen LogP) is 4.51. The quantitative estimate of drug-likeness (QED) is 0.871. The number of hydrogen-bond donors (Lipinski definition) is 1. The Hall–Kier alpha value is -1.61. The Morgan fingerprint density at radius 3 is 2.35 bits per heavy atom. The molecule has 0 bridgehead atoms. The molecule has 2 rings (SSSR count). The van der Waals surface area contributed by atoms with E-state index in [1.54, 1.807) is 6.20 Å². The number of hydrogen-bond acceptors (Lipinski definition) is 3. The third kappa shape index (κ3) is 3.10. The van der Waals surface area contributed by atoms with Crippen LogP contribution in [0.25, 0.3) is 11.3 Å². The molecule has 108 valence electrons. The highest BCUT2D eigenvalue weighted by Crippen LogP contribution is 2.27. The normalized spacial score (nSPS) is 14.5. The Balaban J connectivity index is 2.20. The van der Waals surface area contributed by atoms with Crippen LogP contribution in [0, 0.1) is 5.92 Å². The Morgan fingerprint density at radius 1 is 1.15 bits per heavy atom. The van der Waals surface area contributed by atoms with Crippen LogP contribution in [-0.4, -0.2) is 4.98 Å². The standard InChI is InChI=1S/C17H24N2O/c1-5-12(4)13-6-8-14(9-7-13)15-10-19-17(20-15)16(18)11(2)3/h6-12,16H,5,18H2,1-4H3. The molecule has 0 saturated heterocycles. The fourth-order valence-corrected chi connectivity index (χ4v) is 2.07. The summed E-state index contributed by atoms with van der Waals surface area (Å²) in [6.07, 6.45) is 2.91. The zero-order valence-corrected chi connectivity index (χ0v) is 12.8. The summed E-state index contributed by atoms with van der Waals surface area (Å²) in [7, 11) is 0. The molecule has 0 aliphatic rings. The molecule has 1 heterocycles. The van der Waals surface area contributed by atoms with Gasteiger partial charge in [-0.3, -0.25) is 0 Å². The van der Waals surface area contributed by atoms with Crippen molar-refractivity contribution in [3.63, 3.8) is 0 Å². The Bertz CT molecular complexity index is 542. The topological polar surface area (TPSA) is 52.0 Å². The van der Waals surface area contributed by atoms with E-state index in [-0.39, 0.29) is 6.04 Å². The van der Waals surface area contributed by atoms with Crippen LogP contribution < -0.4 is 5.73 Å². The minimum Gasteiger partial charge on any atom is -0.439 e. The first-order valence-electron chi connectivity index (χ1n) is 7.34. The van der Waals surface area contributed by atoms with Gasteiger partial charge in [0.25, 0.3) is 0 Å². The lowest BCUT2D eigenvalue weighted by atomic mass is 9.97. The van der Waals surface area contributed by atoms with Gasteiger partial charge in [-0.25, -0.2) is 4.98 Å². The summed E-state index contributed by atoms with van der Waals surface area (Å²) in [5.41, 5.74) is 8.46. The maximum atomic E-state index is 6.05. The summed E-state index contributed by atoms with van der Waals surface area (Å²) < 4.78 is 5.78. The molecule has 3 nitrogen and oxygen atoms in total. The van der Waals surface area contributed by atoms with Gasteiger partial charge in [0.1, 0.15) is 0 Å². The predicted molar refractivity (Wildman–Crippen MR) is 82.4 cm³/mol. The second-order valence-electron chi connectivity index (χ2n) is 5.76. The molecule has 2 atom stereocenters. The smallest absolute Gasteiger partial charge is 0.212 e. The minimum absolute atomic E-state index is 0.150. The summed E-state index contributed by atoms with van der Waals surface area (Å²) in [5, 5.41) is 0. The summed E-state index contributed by atoms with van der Waals surface area (Å²) in [6.45, 7) is 8.57. The van der Waals surface area contributed by atoms with E-state index < -0.39 is 0 Å². The van der Waals surface area contributed by atoms with Crippen LogP contribution >= 0.6 is 0 Å². The molecule has 0 radical (unpaired) electrons. The van der Waals surface area contributed by atoms with Crippen molar-refractivity contribution in [1.29, 1.82) is 0 Å². The summed E-state index contributed by atoms with van der Waals surface area (Å²) in [6, 6.07) is 8.35. The van der Waals surface area contributed by atoms with Crippen molar-refractivity contribution in [1.82, 2.24) is 4.98 Å². The molecule has 1 aromatic heterocycles. The van der Waals surface area contributed by atoms with Crippen molar-refractivity contribution < 1.29 is 4.42 Å². The third-order valence-corrected chi connectivity index (χ3v) is 3.90. The van der Waals surface area contributed by atoms with E-state index in [2.05, 4.69) is 56.9 Å². The van der Waals surface area contributed by atoms with Crippen LogP contribution in [0.15, 0.2) is 34.9 Å². The van der Waals surface area contributed by atoms with Crippen molar-refractivity contribution in [3.05, 3.63) is 41.9 Å². The molecule has 1 aromatic carbocycles. The van der Waals surface area contributed by atoms with E-state index in [4.69, 9.17) is 10.2 Å². The Labute approximate surface area is 121 Å². The second kappa shape index (κ2) is 6.23. The lowest BCUT2D eigenvalue weighted by Gasteiger charge is -2.11. The van der Waals surface area contributed by atoms with Crippen LogP contribution in [0.4, 0.5) is 0 Å². The molecule has 3 heteroatoms. The van der Waals surface area contributed by atoms with Crippen molar-refractivity contribution in [2.45, 2.75) is 46.1 Å². The number of oxazole rings is 1. The van der Waals surface area contributed by atoms with E-state index in [9.17, 15) is 0 Å². The van der Waals surface area contributed by atoms with Gasteiger partial charge in [-0.2, -0.15) is 0 Å². The zero-order valence-electron chi connectivity index (χ0n) is 12.8. The summed E-state index contributed by atoms with van der Waals surface area (Å²) in [5.74, 6) is 2.30. The molecule has 0 saturated carbocycles. The first-order chi connectivity index (χ1) is 9.52. The van der Waals surface area contributed by atoms with Gasteiger partial charge < -0.3 is 10.2 Å². The van der Waals surface area contributed by atoms with E-state index in [1.165, 1.54) is 5.56 Å². The highest BCUT2D eigenvalue weighted by Gasteiger charge is 2.17. The molecule has 2 unspecified atom stereocenters. The van der Waals surface area contributed by atoms with E-state index >= 15 is 0 Å². The molecule has 2 aromatic rings. The van der Waals surface area contributed by atoms with Gasteiger partial charge in [0, 0.05) is 5.56 Å². The molecule has 0 aliphatic carbocycles. The van der Waals surface area contributed by atoms with Crippen molar-refractivity contribution >= 4 is 0 Å². The van der Waals surface area contributed by atoms with Crippen molar-refractivity contribution in [2.24, 2.45) is 11.7 Å². The molecule has 0 amide bonds. The first-order valence-corrected chi connectivity index (χ1v) is 7.34. The van der Waals surface area contributed by atoms with Gasteiger partial charge in [-0.1, -0.05) is 52.0 Å². The van der Waals surface area contributed by atoms with Crippen LogP contribution in [-0.2, 0) is 0 Å². The summed E-state index contributed by atoms with van der Waals surface area (Å²) in [4.78, 5) is 4.30. The molecule has 20 heavy (non-hydrogen) atoms. The minimum atomic E-state index is -0.150. The highest BCUT2D eigenvalue weighted by molar-refractivity contribution is 5.56. The SMILES string of the molecule is CCC(C)c1ccc(-c2cnc(C(N)C(C)C)o2)cc1. The first kappa shape index (κ1) is 14.8. The lowest BCUT2D eigenvalue weighted by molar-refractivity contribution is 0.394. The fraction of sp³-hybridized carbons (Fsp3) is 0.471. The van der Waals surface area contributed by atoms with Gasteiger partial charge in [0.15, 0.2) is 5.76 Å². The zero-order chi connectivity index (χ0) is 14.7. The summed E-state index contributed by atoms with van der Waals surface area (Å²) >= 11 is 0. The second-order valence-corrected chi connectivity index (χ2v) is 5.76. The Kier molecular flexibility index (Phi) is 4.61. The average molecular weight is 272 g/mol. The largest absolute Gasteiger partial charge is 0.439 e. The molecule has 0 fully saturated rings. The number of rotatable bonds is 5. The van der Waals surface area contributed by atoms with Crippen LogP contribution in [0.1, 0.15) is 57.5 Å². The van der Waals surface area contributed by atoms with Crippen LogP contribution in [0.5, 0.6) is 0 Å². The monoisotopic (exact) mass is 272 g/mol. The fourth-order valence-electron chi connectivity index (χ4n) is 2.07. The van der Waals surface area contributed by atoms with Gasteiger partial charge in [0.2, 0.25) is 5.89 Å². The number of benzene rings is 1. The van der Waals surface area contributed by atoms with E-state index in [0.717, 1.165) is 17.7 Å². The van der Waals surface area contributed by atoms with Gasteiger partial charge in [-0.05, 0) is 23.8 Å². The van der Waals surface area contributed by atoms with Gasteiger partial charge >= 0.3 is 0 Å². The van der Waals surface area contributed by atoms with Crippen LogP contribution in [0.3, 0.4) is 0 Å². The van der Waals surface area contributed by atoms with E-state index in [1.807, 2.05) is 0 Å². The van der Waals surface area contributed by atoms with Gasteiger partial charge in [0.05, 0.1) is 12.2 Å².